The first-order chi connectivity index (χ1) is 9.51. The van der Waals surface area contributed by atoms with Crippen molar-refractivity contribution in [2.75, 3.05) is 0 Å². The lowest BCUT2D eigenvalue weighted by atomic mass is 10.0. The topological polar surface area (TPSA) is 50.4 Å². The molecule has 20 heavy (non-hydrogen) atoms. The lowest BCUT2D eigenvalue weighted by Gasteiger charge is -2.09. The number of allylic oxidation sites excluding steroid dienone is 4. The van der Waals surface area contributed by atoms with E-state index in [-0.39, 0.29) is 11.2 Å². The molecule has 0 atom stereocenters. The third kappa shape index (κ3) is 2.31. The Bertz CT molecular complexity index is 782. The molecule has 0 fully saturated rings. The summed E-state index contributed by atoms with van der Waals surface area (Å²) in [7, 11) is 0. The highest BCUT2D eigenvalue weighted by Crippen LogP contribution is 2.33. The number of benzene rings is 1. The van der Waals surface area contributed by atoms with Gasteiger partial charge in [-0.1, -0.05) is 18.2 Å². The summed E-state index contributed by atoms with van der Waals surface area (Å²) in [5.74, 6) is 0.576. The van der Waals surface area contributed by atoms with E-state index in [9.17, 15) is 9.90 Å². The van der Waals surface area contributed by atoms with Crippen LogP contribution in [0.2, 0.25) is 0 Å². The van der Waals surface area contributed by atoms with Gasteiger partial charge in [0.2, 0.25) is 5.43 Å². The maximum absolute atomic E-state index is 12.7. The maximum atomic E-state index is 12.7. The van der Waals surface area contributed by atoms with Crippen molar-refractivity contribution in [3.05, 3.63) is 56.4 Å². The molecular weight excluding hydrogens is 320 g/mol. The molecule has 4 heteroatoms. The van der Waals surface area contributed by atoms with Crippen LogP contribution in [0, 0.1) is 6.92 Å². The van der Waals surface area contributed by atoms with E-state index in [0.717, 1.165) is 5.57 Å². The van der Waals surface area contributed by atoms with Gasteiger partial charge in [0.15, 0.2) is 5.58 Å². The predicted molar refractivity (Wildman–Crippen MR) is 85.1 cm³/mol. The van der Waals surface area contributed by atoms with Gasteiger partial charge in [0.1, 0.15) is 16.0 Å². The van der Waals surface area contributed by atoms with E-state index in [4.69, 9.17) is 4.42 Å². The minimum Gasteiger partial charge on any atom is -0.507 e. The second kappa shape index (κ2) is 5.67. The van der Waals surface area contributed by atoms with E-state index in [0.29, 0.717) is 26.8 Å². The van der Waals surface area contributed by atoms with Crippen LogP contribution in [0.15, 0.2) is 44.0 Å². The van der Waals surface area contributed by atoms with Crippen LogP contribution in [0.25, 0.3) is 16.5 Å². The Morgan fingerprint density at radius 3 is 2.65 bits per heavy atom. The first kappa shape index (κ1) is 14.6. The van der Waals surface area contributed by atoms with E-state index in [1.807, 2.05) is 32.1 Å². The number of aryl methyl sites for hydroxylation is 1. The fourth-order valence-electron chi connectivity index (χ4n) is 2.16. The summed E-state index contributed by atoms with van der Waals surface area (Å²) in [6, 6.07) is 3.06. The SMILES string of the molecule is C/C=C\C(=C/C)c1c(C)oc2c(Br)c(O)ccc2c1=O. The molecule has 0 bridgehead atoms. The number of rotatable bonds is 2. The third-order valence-corrected chi connectivity index (χ3v) is 3.87. The minimum absolute atomic E-state index is 0.0486. The van der Waals surface area contributed by atoms with E-state index in [1.165, 1.54) is 6.07 Å². The number of phenolic OH excluding ortho intramolecular Hbond substituents is 1. The van der Waals surface area contributed by atoms with Gasteiger partial charge in [0, 0.05) is 0 Å². The van der Waals surface area contributed by atoms with E-state index in [2.05, 4.69) is 15.9 Å². The summed E-state index contributed by atoms with van der Waals surface area (Å²) in [6.07, 6.45) is 5.63. The number of hydrogen-bond donors (Lipinski definition) is 1. The second-order valence-corrected chi connectivity index (χ2v) is 5.17. The van der Waals surface area contributed by atoms with Gasteiger partial charge in [-0.2, -0.15) is 0 Å². The Balaban J connectivity index is 2.90. The summed E-state index contributed by atoms with van der Waals surface area (Å²) in [5.41, 5.74) is 1.64. The van der Waals surface area contributed by atoms with Crippen molar-refractivity contribution in [2.24, 2.45) is 0 Å². The van der Waals surface area contributed by atoms with Crippen LogP contribution < -0.4 is 5.43 Å². The van der Waals surface area contributed by atoms with Crippen LogP contribution in [0.5, 0.6) is 5.75 Å². The smallest absolute Gasteiger partial charge is 0.200 e. The fraction of sp³-hybridized carbons (Fsp3) is 0.188. The standard InChI is InChI=1S/C16H15BrO3/c1-4-6-10(5-2)13-9(3)20-16-11(15(13)19)7-8-12(18)14(16)17/h4-8,18H,1-3H3/b6-4-,10-5+. The largest absolute Gasteiger partial charge is 0.507 e. The zero-order valence-corrected chi connectivity index (χ0v) is 13.1. The molecule has 0 aliphatic rings. The number of aromatic hydroxyl groups is 1. The molecule has 0 aliphatic carbocycles. The van der Waals surface area contributed by atoms with Crippen LogP contribution in [0.4, 0.5) is 0 Å². The third-order valence-electron chi connectivity index (χ3n) is 3.10. The van der Waals surface area contributed by atoms with Crippen molar-refractivity contribution in [1.82, 2.24) is 0 Å². The van der Waals surface area contributed by atoms with Gasteiger partial charge in [0.25, 0.3) is 0 Å². The molecule has 1 aromatic carbocycles. The van der Waals surface area contributed by atoms with Crippen LogP contribution in [-0.2, 0) is 0 Å². The molecule has 0 unspecified atom stereocenters. The highest BCUT2D eigenvalue weighted by atomic mass is 79.9. The Morgan fingerprint density at radius 2 is 2.05 bits per heavy atom. The van der Waals surface area contributed by atoms with Crippen LogP contribution in [-0.4, -0.2) is 5.11 Å². The highest BCUT2D eigenvalue weighted by molar-refractivity contribution is 9.10. The molecule has 2 aromatic rings. The van der Waals surface area contributed by atoms with Gasteiger partial charge < -0.3 is 9.52 Å². The predicted octanol–water partition coefficient (Wildman–Crippen LogP) is 4.55. The van der Waals surface area contributed by atoms with Gasteiger partial charge in [0.05, 0.1) is 10.9 Å². The van der Waals surface area contributed by atoms with Crippen molar-refractivity contribution in [3.8, 4) is 5.75 Å². The maximum Gasteiger partial charge on any atom is 0.200 e. The van der Waals surface area contributed by atoms with Gasteiger partial charge in [-0.05, 0) is 54.4 Å². The molecule has 0 spiro atoms. The van der Waals surface area contributed by atoms with E-state index in [1.54, 1.807) is 13.0 Å². The number of halogens is 1. The molecule has 3 nitrogen and oxygen atoms in total. The Labute approximate surface area is 125 Å². The van der Waals surface area contributed by atoms with Crippen LogP contribution >= 0.6 is 15.9 Å². The zero-order chi connectivity index (χ0) is 14.9. The van der Waals surface area contributed by atoms with E-state index < -0.39 is 0 Å². The molecule has 0 saturated carbocycles. The Morgan fingerprint density at radius 1 is 1.35 bits per heavy atom. The summed E-state index contributed by atoms with van der Waals surface area (Å²) in [4.78, 5) is 12.7. The Kier molecular flexibility index (Phi) is 4.14. The number of phenols is 1. The number of hydrogen-bond acceptors (Lipinski definition) is 3. The summed E-state index contributed by atoms with van der Waals surface area (Å²) in [6.45, 7) is 5.53. The molecule has 0 saturated heterocycles. The van der Waals surface area contributed by atoms with Crippen molar-refractivity contribution < 1.29 is 9.52 Å². The average Bonchev–Trinajstić information content (AvgIpc) is 2.42. The second-order valence-electron chi connectivity index (χ2n) is 4.38. The van der Waals surface area contributed by atoms with Crippen molar-refractivity contribution in [1.29, 1.82) is 0 Å². The summed E-state index contributed by atoms with van der Waals surface area (Å²) < 4.78 is 6.13. The van der Waals surface area contributed by atoms with Gasteiger partial charge >= 0.3 is 0 Å². The van der Waals surface area contributed by atoms with Crippen molar-refractivity contribution >= 4 is 32.5 Å². The lowest BCUT2D eigenvalue weighted by Crippen LogP contribution is -2.10. The van der Waals surface area contributed by atoms with Crippen molar-refractivity contribution in [2.45, 2.75) is 20.8 Å². The number of fused-ring (bicyclic) bond motifs is 1. The monoisotopic (exact) mass is 334 g/mol. The summed E-state index contributed by atoms with van der Waals surface area (Å²) in [5, 5.41) is 10.1. The first-order valence-corrected chi connectivity index (χ1v) is 7.04. The van der Waals surface area contributed by atoms with E-state index >= 15 is 0 Å². The molecular formula is C16H15BrO3. The quantitative estimate of drug-likeness (QED) is 0.819. The Hall–Kier alpha value is -1.81. The van der Waals surface area contributed by atoms with Gasteiger partial charge in [-0.15, -0.1) is 0 Å². The molecule has 2 rings (SSSR count). The molecule has 0 radical (unpaired) electrons. The normalized spacial score (nSPS) is 12.5. The summed E-state index contributed by atoms with van der Waals surface area (Å²) >= 11 is 3.25. The minimum atomic E-state index is -0.101. The van der Waals surface area contributed by atoms with Crippen molar-refractivity contribution in [3.63, 3.8) is 0 Å². The molecule has 1 aromatic heterocycles. The first-order valence-electron chi connectivity index (χ1n) is 6.25. The molecule has 1 N–H and O–H groups in total. The van der Waals surface area contributed by atoms with Gasteiger partial charge in [-0.25, -0.2) is 0 Å². The fourth-order valence-corrected chi connectivity index (χ4v) is 2.59. The molecule has 1 heterocycles. The van der Waals surface area contributed by atoms with Gasteiger partial charge in [-0.3, -0.25) is 4.79 Å². The van der Waals surface area contributed by atoms with Crippen LogP contribution in [0.3, 0.4) is 0 Å². The molecule has 0 aliphatic heterocycles. The molecule has 0 amide bonds. The molecule has 104 valence electrons. The van der Waals surface area contributed by atoms with Crippen LogP contribution in [0.1, 0.15) is 25.2 Å². The average molecular weight is 335 g/mol. The zero-order valence-electron chi connectivity index (χ0n) is 11.5. The lowest BCUT2D eigenvalue weighted by molar-refractivity contribution is 0.469. The highest BCUT2D eigenvalue weighted by Gasteiger charge is 2.16.